The summed E-state index contributed by atoms with van der Waals surface area (Å²) in [6.07, 6.45) is 2.84. The van der Waals surface area contributed by atoms with Crippen LogP contribution in [0.1, 0.15) is 12.8 Å². The van der Waals surface area contributed by atoms with E-state index in [4.69, 9.17) is 0 Å². The second kappa shape index (κ2) is 2.07. The number of rotatable bonds is 2. The molecule has 1 aliphatic heterocycles. The van der Waals surface area contributed by atoms with Crippen molar-refractivity contribution in [1.29, 1.82) is 0 Å². The lowest BCUT2D eigenvalue weighted by atomic mass is 10.1. The van der Waals surface area contributed by atoms with Crippen LogP contribution < -0.4 is 5.32 Å². The first-order valence-electron chi connectivity index (χ1n) is 2.60. The van der Waals surface area contributed by atoms with Crippen LogP contribution in [0, 0.1) is 0 Å². The lowest BCUT2D eigenvalue weighted by Crippen LogP contribution is -2.42. The average molecular weight is 99.1 g/mol. The zero-order valence-electron chi connectivity index (χ0n) is 4.18. The van der Waals surface area contributed by atoms with Gasteiger partial charge in [0.25, 0.3) is 0 Å². The second-order valence-corrected chi connectivity index (χ2v) is 1.84. The largest absolute Gasteiger partial charge is 0.313 e. The fourth-order valence-corrected chi connectivity index (χ4v) is 0.666. The fraction of sp³-hybridized carbons (Fsp3) is 0.800. The molecule has 1 aliphatic rings. The lowest BCUT2D eigenvalue weighted by Gasteiger charge is -2.24. The molecule has 40 valence electrons. The Balaban J connectivity index is 2.03. The van der Waals surface area contributed by atoms with Gasteiger partial charge < -0.3 is 10.1 Å². The highest BCUT2D eigenvalue weighted by Crippen LogP contribution is 2.02. The van der Waals surface area contributed by atoms with Gasteiger partial charge in [0.05, 0.1) is 0 Å². The minimum Gasteiger partial charge on any atom is -0.313 e. The Labute approximate surface area is 42.9 Å². The summed E-state index contributed by atoms with van der Waals surface area (Å²) < 4.78 is 0. The van der Waals surface area contributed by atoms with Crippen molar-refractivity contribution in [1.82, 2.24) is 5.32 Å². The second-order valence-electron chi connectivity index (χ2n) is 1.84. The Morgan fingerprint density at radius 1 is 1.86 bits per heavy atom. The molecule has 0 aromatic heterocycles. The molecule has 0 bridgehead atoms. The van der Waals surface area contributed by atoms with Gasteiger partial charge in [-0.1, -0.05) is 0 Å². The summed E-state index contributed by atoms with van der Waals surface area (Å²) >= 11 is 0. The Kier molecular flexibility index (Phi) is 1.42. The zero-order valence-corrected chi connectivity index (χ0v) is 4.18. The number of aldehydes is 1. The first kappa shape index (κ1) is 4.78. The summed E-state index contributed by atoms with van der Waals surface area (Å²) in [6.45, 7) is 1.10. The van der Waals surface area contributed by atoms with Crippen LogP contribution in [-0.4, -0.2) is 18.9 Å². The highest BCUT2D eigenvalue weighted by Gasteiger charge is 2.13. The van der Waals surface area contributed by atoms with Crippen molar-refractivity contribution < 1.29 is 4.79 Å². The first-order chi connectivity index (χ1) is 3.43. The van der Waals surface area contributed by atoms with Crippen LogP contribution in [0.5, 0.6) is 0 Å². The molecule has 2 nitrogen and oxygen atoms in total. The summed E-state index contributed by atoms with van der Waals surface area (Å²) in [4.78, 5) is 9.77. The van der Waals surface area contributed by atoms with Crippen molar-refractivity contribution >= 4 is 6.29 Å². The summed E-state index contributed by atoms with van der Waals surface area (Å²) in [5, 5.41) is 3.12. The molecule has 1 unspecified atom stereocenters. The molecule has 1 atom stereocenters. The summed E-state index contributed by atoms with van der Waals surface area (Å²) in [7, 11) is 0. The van der Waals surface area contributed by atoms with Crippen LogP contribution in [0.25, 0.3) is 0 Å². The van der Waals surface area contributed by atoms with E-state index in [9.17, 15) is 4.79 Å². The lowest BCUT2D eigenvalue weighted by molar-refractivity contribution is -0.108. The predicted octanol–water partition coefficient (Wildman–Crippen LogP) is -0.0627. The van der Waals surface area contributed by atoms with Gasteiger partial charge in [-0.05, 0) is 13.0 Å². The molecule has 1 heterocycles. The fourth-order valence-electron chi connectivity index (χ4n) is 0.666. The van der Waals surface area contributed by atoms with Crippen LogP contribution >= 0.6 is 0 Å². The molecule has 0 aromatic carbocycles. The Morgan fingerprint density at radius 2 is 2.57 bits per heavy atom. The van der Waals surface area contributed by atoms with Gasteiger partial charge in [-0.3, -0.25) is 0 Å². The maximum absolute atomic E-state index is 9.77. The maximum Gasteiger partial charge on any atom is 0.121 e. The van der Waals surface area contributed by atoms with Crippen molar-refractivity contribution in [2.75, 3.05) is 6.54 Å². The van der Waals surface area contributed by atoms with E-state index in [0.29, 0.717) is 12.5 Å². The van der Waals surface area contributed by atoms with Gasteiger partial charge in [0, 0.05) is 12.5 Å². The van der Waals surface area contributed by atoms with Crippen molar-refractivity contribution in [3.8, 4) is 0 Å². The Bertz CT molecular complexity index is 68.5. The molecule has 0 saturated carbocycles. The number of carbonyl (C=O) groups excluding carboxylic acids is 1. The summed E-state index contributed by atoms with van der Waals surface area (Å²) in [5.74, 6) is 0. The van der Waals surface area contributed by atoms with Gasteiger partial charge in [-0.15, -0.1) is 0 Å². The summed E-state index contributed by atoms with van der Waals surface area (Å²) in [5.41, 5.74) is 0. The van der Waals surface area contributed by atoms with Gasteiger partial charge >= 0.3 is 0 Å². The van der Waals surface area contributed by atoms with E-state index < -0.39 is 0 Å². The quantitative estimate of drug-likeness (QED) is 0.491. The van der Waals surface area contributed by atoms with Crippen molar-refractivity contribution in [3.63, 3.8) is 0 Å². The van der Waals surface area contributed by atoms with Gasteiger partial charge in [-0.25, -0.2) is 0 Å². The highest BCUT2D eigenvalue weighted by atomic mass is 16.1. The highest BCUT2D eigenvalue weighted by molar-refractivity contribution is 5.50. The normalized spacial score (nSPS) is 28.9. The van der Waals surface area contributed by atoms with Crippen molar-refractivity contribution in [2.45, 2.75) is 18.9 Å². The van der Waals surface area contributed by atoms with E-state index in [-0.39, 0.29) is 0 Å². The minimum absolute atomic E-state index is 0.512. The molecule has 0 spiro atoms. The van der Waals surface area contributed by atoms with Gasteiger partial charge in [0.1, 0.15) is 6.29 Å². The molecule has 2 heteroatoms. The Morgan fingerprint density at radius 3 is 2.71 bits per heavy atom. The van der Waals surface area contributed by atoms with Crippen LogP contribution in [0.4, 0.5) is 0 Å². The van der Waals surface area contributed by atoms with Gasteiger partial charge in [0.2, 0.25) is 0 Å². The molecular formula is C5H9NO. The van der Waals surface area contributed by atoms with E-state index in [1.54, 1.807) is 0 Å². The van der Waals surface area contributed by atoms with Gasteiger partial charge in [0.15, 0.2) is 0 Å². The predicted molar refractivity (Wildman–Crippen MR) is 27.1 cm³/mol. The third kappa shape index (κ3) is 0.996. The molecule has 1 rings (SSSR count). The van der Waals surface area contributed by atoms with Crippen LogP contribution in [0.15, 0.2) is 0 Å². The minimum atomic E-state index is 0.512. The molecular weight excluding hydrogens is 90.1 g/mol. The molecule has 1 fully saturated rings. The average Bonchev–Trinajstić information content (AvgIpc) is 1.55. The third-order valence-electron chi connectivity index (χ3n) is 1.31. The van der Waals surface area contributed by atoms with E-state index in [2.05, 4.69) is 5.32 Å². The van der Waals surface area contributed by atoms with Gasteiger partial charge in [-0.2, -0.15) is 0 Å². The smallest absolute Gasteiger partial charge is 0.121 e. The van der Waals surface area contributed by atoms with Crippen LogP contribution in [0.3, 0.4) is 0 Å². The molecule has 7 heavy (non-hydrogen) atoms. The van der Waals surface area contributed by atoms with Crippen LogP contribution in [-0.2, 0) is 4.79 Å². The molecule has 0 radical (unpaired) electrons. The van der Waals surface area contributed by atoms with E-state index in [1.807, 2.05) is 0 Å². The molecule has 0 aromatic rings. The summed E-state index contributed by atoms with van der Waals surface area (Å²) in [6, 6.07) is 0.512. The van der Waals surface area contributed by atoms with E-state index in [0.717, 1.165) is 12.8 Å². The monoisotopic (exact) mass is 99.1 g/mol. The van der Waals surface area contributed by atoms with E-state index >= 15 is 0 Å². The number of hydrogen-bond donors (Lipinski definition) is 1. The standard InChI is InChI=1S/C5H9NO/c7-4-2-5-1-3-6-5/h4-6H,1-3H2. The Hall–Kier alpha value is -0.370. The van der Waals surface area contributed by atoms with Crippen molar-refractivity contribution in [3.05, 3.63) is 0 Å². The number of hydrogen-bond acceptors (Lipinski definition) is 2. The molecule has 1 N–H and O–H groups in total. The SMILES string of the molecule is O=CCC1CCN1. The van der Waals surface area contributed by atoms with E-state index in [1.165, 1.54) is 6.42 Å². The van der Waals surface area contributed by atoms with Crippen molar-refractivity contribution in [2.24, 2.45) is 0 Å². The van der Waals surface area contributed by atoms with Crippen LogP contribution in [0.2, 0.25) is 0 Å². The molecule has 0 amide bonds. The number of nitrogens with one attached hydrogen (secondary N) is 1. The number of carbonyl (C=O) groups is 1. The molecule has 0 aliphatic carbocycles. The third-order valence-corrected chi connectivity index (χ3v) is 1.31. The topological polar surface area (TPSA) is 29.1 Å². The first-order valence-corrected chi connectivity index (χ1v) is 2.60. The maximum atomic E-state index is 9.77. The molecule has 1 saturated heterocycles. The zero-order chi connectivity index (χ0) is 5.11.